The van der Waals surface area contributed by atoms with Crippen LogP contribution in [0.4, 0.5) is 4.39 Å². The third-order valence-corrected chi connectivity index (χ3v) is 11.2. The van der Waals surface area contributed by atoms with E-state index in [0.29, 0.717) is 23.5 Å². The van der Waals surface area contributed by atoms with E-state index in [1.54, 1.807) is 46.1 Å². The third kappa shape index (κ3) is 8.85. The van der Waals surface area contributed by atoms with E-state index in [1.165, 1.54) is 36.2 Å². The standard InChI is InChI=1S/C36H45FO6S2/c1-7-8-9-26-21-29(25-12-14-27(37)15-13-25)30-22-32(44-6)31(42-19-18-35(38)43-36(2,3)4)23-34(30)45(39,40)33(26)20-24-10-16-28(41-5)17-11-24/h10-19,22-23,26,29,33,39-40H,7-9,20-21H2,1-6H3/b19-18+. The number of hydrogen-bond acceptors (Lipinski definition) is 7. The van der Waals surface area contributed by atoms with Crippen LogP contribution in [0.2, 0.25) is 0 Å². The molecule has 0 saturated heterocycles. The average Bonchev–Trinajstić information content (AvgIpc) is 3.07. The van der Waals surface area contributed by atoms with Gasteiger partial charge in [0.25, 0.3) is 0 Å². The Labute approximate surface area is 272 Å². The number of benzene rings is 3. The molecule has 1 aliphatic heterocycles. The maximum absolute atomic E-state index is 14.0. The lowest BCUT2D eigenvalue weighted by Gasteiger charge is -2.43. The average molecular weight is 657 g/mol. The lowest BCUT2D eigenvalue weighted by molar-refractivity contribution is -0.148. The number of fused-ring (bicyclic) bond motifs is 1. The number of unbranched alkanes of at least 4 members (excludes halogenated alkanes) is 1. The van der Waals surface area contributed by atoms with E-state index in [9.17, 15) is 18.3 Å². The fourth-order valence-corrected chi connectivity index (χ4v) is 8.83. The molecule has 0 bridgehead atoms. The van der Waals surface area contributed by atoms with E-state index in [-0.39, 0.29) is 17.7 Å². The molecule has 244 valence electrons. The first-order valence-electron chi connectivity index (χ1n) is 15.3. The van der Waals surface area contributed by atoms with Gasteiger partial charge in [0.2, 0.25) is 0 Å². The topological polar surface area (TPSA) is 85.2 Å². The summed E-state index contributed by atoms with van der Waals surface area (Å²) in [7, 11) is -1.76. The summed E-state index contributed by atoms with van der Waals surface area (Å²) in [6, 6.07) is 17.9. The minimum absolute atomic E-state index is 0.0198. The van der Waals surface area contributed by atoms with E-state index in [4.69, 9.17) is 14.2 Å². The van der Waals surface area contributed by atoms with Gasteiger partial charge in [0, 0.05) is 12.0 Å². The molecule has 0 radical (unpaired) electrons. The van der Waals surface area contributed by atoms with Gasteiger partial charge in [0.15, 0.2) is 0 Å². The highest BCUT2D eigenvalue weighted by Gasteiger charge is 2.42. The van der Waals surface area contributed by atoms with Crippen molar-refractivity contribution in [3.8, 4) is 11.5 Å². The monoisotopic (exact) mass is 656 g/mol. The summed E-state index contributed by atoms with van der Waals surface area (Å²) in [5, 5.41) is -0.466. The molecule has 0 aliphatic carbocycles. The molecular weight excluding hydrogens is 612 g/mol. The summed E-state index contributed by atoms with van der Waals surface area (Å²) in [6.45, 7) is 7.50. The molecule has 6 nitrogen and oxygen atoms in total. The maximum Gasteiger partial charge on any atom is 0.334 e. The van der Waals surface area contributed by atoms with E-state index in [2.05, 4.69) is 6.92 Å². The summed E-state index contributed by atoms with van der Waals surface area (Å²) < 4.78 is 55.4. The zero-order valence-electron chi connectivity index (χ0n) is 26.9. The highest BCUT2D eigenvalue weighted by atomic mass is 32.3. The van der Waals surface area contributed by atoms with Crippen molar-refractivity contribution in [1.82, 2.24) is 0 Å². The van der Waals surface area contributed by atoms with E-state index in [1.807, 2.05) is 36.6 Å². The Morgan fingerprint density at radius 1 is 1.09 bits per heavy atom. The number of esters is 1. The van der Waals surface area contributed by atoms with Gasteiger partial charge in [0.05, 0.1) is 34.5 Å². The highest BCUT2D eigenvalue weighted by molar-refractivity contribution is 8.25. The fraction of sp³-hybridized carbons (Fsp3) is 0.417. The van der Waals surface area contributed by atoms with Crippen LogP contribution in [0.15, 0.2) is 82.8 Å². The lowest BCUT2D eigenvalue weighted by Crippen LogP contribution is -2.29. The molecule has 0 saturated carbocycles. The molecule has 3 aromatic rings. The van der Waals surface area contributed by atoms with Crippen molar-refractivity contribution in [2.45, 2.75) is 86.4 Å². The minimum Gasteiger partial charge on any atom is -0.497 e. The molecular formula is C36H45FO6S2. The number of thioether (sulfide) groups is 1. The van der Waals surface area contributed by atoms with Gasteiger partial charge >= 0.3 is 5.97 Å². The van der Waals surface area contributed by atoms with E-state index >= 15 is 0 Å². The number of hydrogen-bond donors (Lipinski definition) is 2. The van der Waals surface area contributed by atoms with Crippen molar-refractivity contribution in [2.75, 3.05) is 13.4 Å². The number of carbonyl (C=O) groups is 1. The van der Waals surface area contributed by atoms with Crippen LogP contribution in [-0.2, 0) is 16.0 Å². The van der Waals surface area contributed by atoms with Crippen LogP contribution in [0.5, 0.6) is 11.5 Å². The molecule has 2 N–H and O–H groups in total. The van der Waals surface area contributed by atoms with Crippen molar-refractivity contribution in [2.24, 2.45) is 5.92 Å². The van der Waals surface area contributed by atoms with Gasteiger partial charge in [-0.3, -0.25) is 9.11 Å². The lowest BCUT2D eigenvalue weighted by atomic mass is 9.80. The van der Waals surface area contributed by atoms with E-state index < -0.39 is 27.4 Å². The van der Waals surface area contributed by atoms with Gasteiger partial charge in [-0.15, -0.1) is 11.8 Å². The van der Waals surface area contributed by atoms with Gasteiger partial charge in [-0.05, 0) is 99.2 Å². The number of ether oxygens (including phenoxy) is 3. The van der Waals surface area contributed by atoms with Gasteiger partial charge in [-0.2, -0.15) is 10.6 Å². The Morgan fingerprint density at radius 3 is 2.38 bits per heavy atom. The predicted octanol–water partition coefficient (Wildman–Crippen LogP) is 9.85. The van der Waals surface area contributed by atoms with Crippen molar-refractivity contribution in [3.05, 3.63) is 95.5 Å². The van der Waals surface area contributed by atoms with Gasteiger partial charge < -0.3 is 14.2 Å². The fourth-order valence-electron chi connectivity index (χ4n) is 5.91. The number of carbonyl (C=O) groups excluding carboxylic acids is 1. The van der Waals surface area contributed by atoms with Crippen LogP contribution >= 0.6 is 22.4 Å². The molecule has 3 atom stereocenters. The molecule has 0 aromatic heterocycles. The zero-order valence-corrected chi connectivity index (χ0v) is 28.6. The Kier molecular flexibility index (Phi) is 11.7. The third-order valence-electron chi connectivity index (χ3n) is 8.08. The predicted molar refractivity (Wildman–Crippen MR) is 181 cm³/mol. The molecule has 4 rings (SSSR count). The molecule has 0 spiro atoms. The van der Waals surface area contributed by atoms with Gasteiger partial charge in [0.1, 0.15) is 22.9 Å². The van der Waals surface area contributed by atoms with Crippen LogP contribution in [0.25, 0.3) is 0 Å². The summed E-state index contributed by atoms with van der Waals surface area (Å²) >= 11 is 1.46. The highest BCUT2D eigenvalue weighted by Crippen LogP contribution is 2.64. The van der Waals surface area contributed by atoms with Crippen LogP contribution < -0.4 is 9.47 Å². The first-order valence-corrected chi connectivity index (χ1v) is 18.1. The van der Waals surface area contributed by atoms with Crippen LogP contribution in [0, 0.1) is 11.7 Å². The molecule has 1 aliphatic rings. The Bertz CT molecular complexity index is 1460. The maximum atomic E-state index is 14.0. The molecule has 9 heteroatoms. The largest absolute Gasteiger partial charge is 0.497 e. The van der Waals surface area contributed by atoms with Gasteiger partial charge in [-0.1, -0.05) is 44.0 Å². The zero-order chi connectivity index (χ0) is 32.8. The summed E-state index contributed by atoms with van der Waals surface area (Å²) in [5.41, 5.74) is 2.06. The normalized spacial score (nSPS) is 20.2. The Balaban J connectivity index is 1.84. The SMILES string of the molecule is CCCCC1CC(c2ccc(F)cc2)c2cc(SC)c(O/C=C/C(=O)OC(C)(C)C)cc2S(O)(O)C1Cc1ccc(OC)cc1. The molecule has 1 heterocycles. The Hall–Kier alpha value is -2.98. The molecule has 0 amide bonds. The number of methoxy groups -OCH3 is 1. The quantitative estimate of drug-likeness (QED) is 0.0920. The second kappa shape index (κ2) is 15.1. The van der Waals surface area contributed by atoms with Crippen molar-refractivity contribution in [3.63, 3.8) is 0 Å². The number of rotatable bonds is 11. The Morgan fingerprint density at radius 2 is 1.78 bits per heavy atom. The summed E-state index contributed by atoms with van der Waals surface area (Å²) in [5.74, 6) is 0.0832. The number of halogens is 1. The van der Waals surface area contributed by atoms with Crippen LogP contribution in [0.3, 0.4) is 0 Å². The smallest absolute Gasteiger partial charge is 0.334 e. The van der Waals surface area contributed by atoms with Crippen molar-refractivity contribution in [1.29, 1.82) is 0 Å². The summed E-state index contributed by atoms with van der Waals surface area (Å²) in [4.78, 5) is 13.5. The first kappa shape index (κ1) is 34.9. The molecule has 0 fully saturated rings. The van der Waals surface area contributed by atoms with Crippen LogP contribution in [-0.4, -0.2) is 39.3 Å². The second-order valence-electron chi connectivity index (χ2n) is 12.4. The van der Waals surface area contributed by atoms with E-state index in [0.717, 1.165) is 46.6 Å². The van der Waals surface area contributed by atoms with Crippen LogP contribution in [0.1, 0.15) is 76.0 Å². The molecule has 45 heavy (non-hydrogen) atoms. The van der Waals surface area contributed by atoms with Gasteiger partial charge in [-0.25, -0.2) is 9.18 Å². The van der Waals surface area contributed by atoms with Crippen molar-refractivity contribution < 1.29 is 32.5 Å². The first-order chi connectivity index (χ1) is 21.4. The molecule has 3 unspecified atom stereocenters. The van der Waals surface area contributed by atoms with Crippen molar-refractivity contribution >= 4 is 28.3 Å². The summed E-state index contributed by atoms with van der Waals surface area (Å²) in [6.07, 6.45) is 8.32. The molecule has 3 aromatic carbocycles. The second-order valence-corrected chi connectivity index (χ2v) is 15.5. The minimum atomic E-state index is -3.39.